The van der Waals surface area contributed by atoms with Crippen molar-refractivity contribution in [3.8, 4) is 0 Å². The molecule has 0 fully saturated rings. The lowest BCUT2D eigenvalue weighted by molar-refractivity contribution is -0.161. The van der Waals surface area contributed by atoms with Crippen LogP contribution < -0.4 is 5.73 Å². The van der Waals surface area contributed by atoms with Gasteiger partial charge in [-0.25, -0.2) is 4.57 Å². The van der Waals surface area contributed by atoms with E-state index in [-0.39, 0.29) is 38.6 Å². The molecule has 0 saturated carbocycles. The Bertz CT molecular complexity index is 1040. The number of allylic oxidation sites excluding steroid dienone is 4. The van der Waals surface area contributed by atoms with E-state index >= 15 is 0 Å². The van der Waals surface area contributed by atoms with Crippen molar-refractivity contribution in [1.29, 1.82) is 0 Å². The highest BCUT2D eigenvalue weighted by molar-refractivity contribution is 7.47. The number of hydrogen-bond donors (Lipinski definition) is 2. The van der Waals surface area contributed by atoms with Crippen molar-refractivity contribution in [2.24, 2.45) is 5.73 Å². The molecule has 0 aromatic rings. The van der Waals surface area contributed by atoms with Crippen LogP contribution in [0.4, 0.5) is 0 Å². The van der Waals surface area contributed by atoms with E-state index in [2.05, 4.69) is 38.2 Å². The Balaban J connectivity index is 3.86. The predicted octanol–water partition coefficient (Wildman–Crippen LogP) is 15.1. The first-order valence-electron chi connectivity index (χ1n) is 25.3. The Hall–Kier alpha value is -1.51. The summed E-state index contributed by atoms with van der Waals surface area (Å²) in [7, 11) is -4.37. The fourth-order valence-electron chi connectivity index (χ4n) is 7.28. The SMILES string of the molecule is CCC/C=C\CCCCCCCC(=O)OCC(COP(=O)(O)OCCN)OC(=O)CCCCCCCCCCCCCCCCCCC/C=C\CCCCCCCCCC. The maximum Gasteiger partial charge on any atom is 0.472 e. The van der Waals surface area contributed by atoms with Crippen LogP contribution in [0.2, 0.25) is 0 Å². The zero-order chi connectivity index (χ0) is 43.9. The third-order valence-electron chi connectivity index (χ3n) is 11.0. The molecule has 0 aliphatic heterocycles. The molecular formula is C50H96NO8P. The van der Waals surface area contributed by atoms with Gasteiger partial charge in [0.1, 0.15) is 6.61 Å². The molecule has 0 bridgehead atoms. The fraction of sp³-hybridized carbons (Fsp3) is 0.880. The molecule has 0 amide bonds. The molecule has 0 aromatic heterocycles. The largest absolute Gasteiger partial charge is 0.472 e. The third kappa shape index (κ3) is 46.0. The maximum atomic E-state index is 12.6. The molecule has 3 N–H and O–H groups in total. The fourth-order valence-corrected chi connectivity index (χ4v) is 8.05. The molecule has 0 aliphatic rings. The van der Waals surface area contributed by atoms with Gasteiger partial charge in [-0.3, -0.25) is 18.6 Å². The summed E-state index contributed by atoms with van der Waals surface area (Å²) in [5.74, 6) is -0.831. The number of carbonyl (C=O) groups is 2. The summed E-state index contributed by atoms with van der Waals surface area (Å²) in [6.07, 6.45) is 52.5. The standard InChI is InChI=1S/C50H96NO8P/c1-3-5-7-9-11-13-15-16-17-18-19-20-21-22-23-24-25-26-27-28-29-30-31-32-33-35-37-39-41-43-50(53)59-48(47-58-60(54,55)57-45-44-51)46-56-49(52)42-40-38-36-34-14-12-10-8-6-4-2/h8,10,18-19,48H,3-7,9,11-17,20-47,51H2,1-2H3,(H,54,55)/b10-8-,19-18-. The van der Waals surface area contributed by atoms with Crippen LogP contribution in [0.25, 0.3) is 0 Å². The summed E-state index contributed by atoms with van der Waals surface area (Å²) in [4.78, 5) is 34.9. The minimum atomic E-state index is -4.37. The first kappa shape index (κ1) is 58.5. The first-order chi connectivity index (χ1) is 29.3. The number of phosphoric ester groups is 1. The van der Waals surface area contributed by atoms with Gasteiger partial charge in [0.25, 0.3) is 0 Å². The van der Waals surface area contributed by atoms with Gasteiger partial charge in [-0.1, -0.05) is 205 Å². The summed E-state index contributed by atoms with van der Waals surface area (Å²) in [6, 6.07) is 0. The van der Waals surface area contributed by atoms with Gasteiger partial charge in [-0.15, -0.1) is 0 Å². The van der Waals surface area contributed by atoms with Crippen molar-refractivity contribution in [2.45, 2.75) is 258 Å². The highest BCUT2D eigenvalue weighted by atomic mass is 31.2. The molecule has 354 valence electrons. The lowest BCUT2D eigenvalue weighted by atomic mass is 10.0. The van der Waals surface area contributed by atoms with E-state index < -0.39 is 26.5 Å². The monoisotopic (exact) mass is 870 g/mol. The van der Waals surface area contributed by atoms with Crippen molar-refractivity contribution in [1.82, 2.24) is 0 Å². The number of ether oxygens (including phenoxy) is 2. The van der Waals surface area contributed by atoms with Gasteiger partial charge in [0, 0.05) is 19.4 Å². The highest BCUT2D eigenvalue weighted by Crippen LogP contribution is 2.43. The van der Waals surface area contributed by atoms with Crippen LogP contribution in [-0.4, -0.2) is 49.3 Å². The van der Waals surface area contributed by atoms with Crippen LogP contribution in [0, 0.1) is 0 Å². The third-order valence-corrected chi connectivity index (χ3v) is 12.0. The van der Waals surface area contributed by atoms with Gasteiger partial charge in [0.15, 0.2) is 6.10 Å². The van der Waals surface area contributed by atoms with Crippen molar-refractivity contribution < 1.29 is 37.6 Å². The summed E-state index contributed by atoms with van der Waals surface area (Å²) in [6.45, 7) is 3.69. The Morgan fingerprint density at radius 3 is 1.25 bits per heavy atom. The molecule has 0 rings (SSSR count). The molecule has 10 heteroatoms. The van der Waals surface area contributed by atoms with Crippen molar-refractivity contribution >= 4 is 19.8 Å². The van der Waals surface area contributed by atoms with Gasteiger partial charge in [0.2, 0.25) is 0 Å². The summed E-state index contributed by atoms with van der Waals surface area (Å²) in [5, 5.41) is 0. The molecule has 9 nitrogen and oxygen atoms in total. The second-order valence-electron chi connectivity index (χ2n) is 17.0. The van der Waals surface area contributed by atoms with Gasteiger partial charge in [-0.05, 0) is 57.8 Å². The van der Waals surface area contributed by atoms with Gasteiger partial charge in [-0.2, -0.15) is 0 Å². The second-order valence-corrected chi connectivity index (χ2v) is 18.5. The van der Waals surface area contributed by atoms with Gasteiger partial charge >= 0.3 is 19.8 Å². The number of unbranched alkanes of at least 4 members (excludes halogenated alkanes) is 31. The number of nitrogens with two attached hydrogens (primary N) is 1. The molecule has 0 aromatic carbocycles. The smallest absolute Gasteiger partial charge is 0.462 e. The minimum Gasteiger partial charge on any atom is -0.462 e. The Morgan fingerprint density at radius 1 is 0.483 bits per heavy atom. The molecule has 0 aliphatic carbocycles. The van der Waals surface area contributed by atoms with Crippen molar-refractivity contribution in [3.05, 3.63) is 24.3 Å². The molecular weight excluding hydrogens is 774 g/mol. The van der Waals surface area contributed by atoms with E-state index in [1.54, 1.807) is 0 Å². The first-order valence-corrected chi connectivity index (χ1v) is 26.8. The van der Waals surface area contributed by atoms with E-state index in [1.165, 1.54) is 161 Å². The zero-order valence-corrected chi connectivity index (χ0v) is 40.1. The van der Waals surface area contributed by atoms with Crippen molar-refractivity contribution in [2.75, 3.05) is 26.4 Å². The predicted molar refractivity (Wildman–Crippen MR) is 252 cm³/mol. The van der Waals surface area contributed by atoms with Crippen LogP contribution in [0.15, 0.2) is 24.3 Å². The lowest BCUT2D eigenvalue weighted by Gasteiger charge is -2.19. The summed E-state index contributed by atoms with van der Waals surface area (Å²) in [5.41, 5.74) is 5.35. The van der Waals surface area contributed by atoms with Crippen LogP contribution in [-0.2, 0) is 32.7 Å². The molecule has 2 unspecified atom stereocenters. The molecule has 0 heterocycles. The van der Waals surface area contributed by atoms with Gasteiger partial charge < -0.3 is 20.1 Å². The molecule has 0 saturated heterocycles. The normalized spacial score (nSPS) is 13.3. The topological polar surface area (TPSA) is 134 Å². The maximum absolute atomic E-state index is 12.6. The Kier molecular flexibility index (Phi) is 45.8. The number of hydrogen-bond acceptors (Lipinski definition) is 8. The zero-order valence-electron chi connectivity index (χ0n) is 39.2. The molecule has 0 spiro atoms. The van der Waals surface area contributed by atoms with Crippen LogP contribution in [0.5, 0.6) is 0 Å². The van der Waals surface area contributed by atoms with E-state index in [4.69, 9.17) is 24.3 Å². The van der Waals surface area contributed by atoms with Crippen LogP contribution in [0.3, 0.4) is 0 Å². The van der Waals surface area contributed by atoms with Crippen LogP contribution in [0.1, 0.15) is 251 Å². The van der Waals surface area contributed by atoms with E-state index in [0.29, 0.717) is 6.42 Å². The van der Waals surface area contributed by atoms with E-state index in [0.717, 1.165) is 57.8 Å². The highest BCUT2D eigenvalue weighted by Gasteiger charge is 2.26. The van der Waals surface area contributed by atoms with Crippen LogP contribution >= 0.6 is 7.82 Å². The number of rotatable bonds is 48. The average Bonchev–Trinajstić information content (AvgIpc) is 3.24. The lowest BCUT2D eigenvalue weighted by Crippen LogP contribution is -2.29. The van der Waals surface area contributed by atoms with E-state index in [9.17, 15) is 19.0 Å². The Labute approximate surface area is 370 Å². The number of carbonyl (C=O) groups excluding carboxylic acids is 2. The summed E-state index contributed by atoms with van der Waals surface area (Å²) >= 11 is 0. The summed E-state index contributed by atoms with van der Waals surface area (Å²) < 4.78 is 32.8. The molecule has 60 heavy (non-hydrogen) atoms. The minimum absolute atomic E-state index is 0.0540. The Morgan fingerprint density at radius 2 is 0.850 bits per heavy atom. The van der Waals surface area contributed by atoms with E-state index in [1.807, 2.05) is 0 Å². The van der Waals surface area contributed by atoms with Crippen molar-refractivity contribution in [3.63, 3.8) is 0 Å². The molecule has 2 atom stereocenters. The number of phosphoric acid groups is 1. The number of esters is 2. The second kappa shape index (κ2) is 47.0. The van der Waals surface area contributed by atoms with Gasteiger partial charge in [0.05, 0.1) is 13.2 Å². The molecule has 0 radical (unpaired) electrons. The average molecular weight is 870 g/mol. The quantitative estimate of drug-likeness (QED) is 0.0265.